The Bertz CT molecular complexity index is 417. The van der Waals surface area contributed by atoms with E-state index in [4.69, 9.17) is 33.9 Å². The van der Waals surface area contributed by atoms with Crippen LogP contribution in [0.15, 0.2) is 24.3 Å². The minimum atomic E-state index is 0.625. The molecule has 0 N–H and O–H groups in total. The number of thiocarbonyl (C=S) groups is 2. The zero-order chi connectivity index (χ0) is 16.2. The second-order valence-electron chi connectivity index (χ2n) is 4.59. The average Bonchev–Trinajstić information content (AvgIpc) is 2.55. The predicted molar refractivity (Wildman–Crippen MR) is 107 cm³/mol. The summed E-state index contributed by atoms with van der Waals surface area (Å²) in [5, 5.41) is 0. The van der Waals surface area contributed by atoms with E-state index in [1.165, 1.54) is 11.1 Å². The van der Waals surface area contributed by atoms with Crippen molar-refractivity contribution in [1.29, 1.82) is 0 Å². The molecule has 6 heteroatoms. The highest BCUT2D eigenvalue weighted by molar-refractivity contribution is 8.22. The van der Waals surface area contributed by atoms with Crippen LogP contribution in [0.25, 0.3) is 0 Å². The van der Waals surface area contributed by atoms with E-state index in [2.05, 4.69) is 38.1 Å². The molecule has 0 radical (unpaired) electrons. The number of rotatable bonds is 8. The highest BCUT2D eigenvalue weighted by atomic mass is 32.2. The molecular formula is C16H22O2S4. The summed E-state index contributed by atoms with van der Waals surface area (Å²) in [5.41, 5.74) is 2.48. The number of hydrogen-bond donors (Lipinski definition) is 0. The van der Waals surface area contributed by atoms with Crippen molar-refractivity contribution in [2.24, 2.45) is 0 Å². The summed E-state index contributed by atoms with van der Waals surface area (Å²) in [4.78, 5) is 0. The summed E-state index contributed by atoms with van der Waals surface area (Å²) in [6.07, 6.45) is 1.97. The van der Waals surface area contributed by atoms with Gasteiger partial charge < -0.3 is 9.47 Å². The molecule has 0 saturated heterocycles. The van der Waals surface area contributed by atoms with Crippen LogP contribution in [-0.4, -0.2) is 22.0 Å². The Kier molecular flexibility index (Phi) is 10.9. The maximum atomic E-state index is 5.40. The van der Waals surface area contributed by atoms with E-state index in [-0.39, 0.29) is 0 Å². The van der Waals surface area contributed by atoms with Crippen LogP contribution in [0.3, 0.4) is 0 Å². The number of ether oxygens (including phenoxy) is 2. The molecule has 0 bridgehead atoms. The first kappa shape index (κ1) is 19.7. The topological polar surface area (TPSA) is 18.5 Å². The molecule has 0 aliphatic heterocycles. The molecule has 0 aliphatic carbocycles. The van der Waals surface area contributed by atoms with Gasteiger partial charge in [0.05, 0.1) is 13.2 Å². The summed E-state index contributed by atoms with van der Waals surface area (Å²) >= 11 is 13.4. The zero-order valence-corrected chi connectivity index (χ0v) is 16.3. The van der Waals surface area contributed by atoms with E-state index in [1.54, 1.807) is 23.5 Å². The van der Waals surface area contributed by atoms with E-state index < -0.39 is 0 Å². The minimum absolute atomic E-state index is 0.625. The first-order valence-corrected chi connectivity index (χ1v) is 10.1. The Labute approximate surface area is 152 Å². The third-order valence-corrected chi connectivity index (χ3v) is 5.19. The Hall–Kier alpha value is -0.300. The maximum absolute atomic E-state index is 5.40. The van der Waals surface area contributed by atoms with Crippen molar-refractivity contribution >= 4 is 56.7 Å². The van der Waals surface area contributed by atoms with Crippen molar-refractivity contribution in [1.82, 2.24) is 0 Å². The van der Waals surface area contributed by atoms with E-state index in [1.807, 2.05) is 0 Å². The van der Waals surface area contributed by atoms with Gasteiger partial charge in [0.1, 0.15) is 0 Å². The first-order valence-electron chi connectivity index (χ1n) is 7.32. The zero-order valence-electron chi connectivity index (χ0n) is 13.0. The van der Waals surface area contributed by atoms with Crippen LogP contribution in [0, 0.1) is 0 Å². The van der Waals surface area contributed by atoms with Crippen LogP contribution < -0.4 is 0 Å². The molecule has 1 aromatic rings. The molecule has 0 saturated carbocycles. The smallest absolute Gasteiger partial charge is 0.220 e. The van der Waals surface area contributed by atoms with Gasteiger partial charge in [-0.1, -0.05) is 61.6 Å². The van der Waals surface area contributed by atoms with Crippen molar-refractivity contribution < 1.29 is 9.47 Å². The Morgan fingerprint density at radius 3 is 1.50 bits per heavy atom. The van der Waals surface area contributed by atoms with Crippen molar-refractivity contribution in [3.63, 3.8) is 0 Å². The lowest BCUT2D eigenvalue weighted by molar-refractivity contribution is 0.321. The third kappa shape index (κ3) is 8.98. The van der Waals surface area contributed by atoms with Crippen LogP contribution in [0.1, 0.15) is 37.8 Å². The maximum Gasteiger partial charge on any atom is 0.220 e. The molecule has 0 atom stereocenters. The second kappa shape index (κ2) is 12.2. The number of benzene rings is 1. The first-order chi connectivity index (χ1) is 10.7. The monoisotopic (exact) mass is 374 g/mol. The van der Waals surface area contributed by atoms with Crippen LogP contribution in [-0.2, 0) is 21.0 Å². The van der Waals surface area contributed by atoms with Gasteiger partial charge in [-0.05, 0) is 48.4 Å². The Balaban J connectivity index is 2.30. The second-order valence-corrected chi connectivity index (χ2v) is 7.75. The molecule has 0 amide bonds. The van der Waals surface area contributed by atoms with E-state index in [0.29, 0.717) is 22.0 Å². The van der Waals surface area contributed by atoms with Gasteiger partial charge in [-0.2, -0.15) is 0 Å². The molecule has 22 heavy (non-hydrogen) atoms. The fourth-order valence-electron chi connectivity index (χ4n) is 1.47. The fourth-order valence-corrected chi connectivity index (χ4v) is 3.28. The van der Waals surface area contributed by atoms with Crippen molar-refractivity contribution in [2.75, 3.05) is 13.2 Å². The fraction of sp³-hybridized carbons (Fsp3) is 0.500. The van der Waals surface area contributed by atoms with Crippen molar-refractivity contribution in [2.45, 2.75) is 38.2 Å². The van der Waals surface area contributed by atoms with Gasteiger partial charge in [0, 0.05) is 11.5 Å². The van der Waals surface area contributed by atoms with Crippen LogP contribution in [0.5, 0.6) is 0 Å². The Morgan fingerprint density at radius 1 is 0.818 bits per heavy atom. The van der Waals surface area contributed by atoms with E-state index in [0.717, 1.165) is 24.3 Å². The van der Waals surface area contributed by atoms with E-state index in [9.17, 15) is 0 Å². The largest absolute Gasteiger partial charge is 0.479 e. The lowest BCUT2D eigenvalue weighted by Gasteiger charge is -2.07. The summed E-state index contributed by atoms with van der Waals surface area (Å²) in [7, 11) is 0. The van der Waals surface area contributed by atoms with Crippen LogP contribution >= 0.6 is 48.0 Å². The molecule has 2 nitrogen and oxygen atoms in total. The lowest BCUT2D eigenvalue weighted by Crippen LogP contribution is -1.99. The molecule has 0 fully saturated rings. The summed E-state index contributed by atoms with van der Waals surface area (Å²) < 4.78 is 12.0. The molecule has 1 aromatic carbocycles. The summed E-state index contributed by atoms with van der Waals surface area (Å²) in [6, 6.07) is 8.51. The van der Waals surface area contributed by atoms with Crippen LogP contribution in [0.4, 0.5) is 0 Å². The quantitative estimate of drug-likeness (QED) is 0.549. The molecular weight excluding hydrogens is 352 g/mol. The molecule has 1 rings (SSSR count). The van der Waals surface area contributed by atoms with Gasteiger partial charge in [0.2, 0.25) is 8.77 Å². The molecule has 0 aromatic heterocycles. The van der Waals surface area contributed by atoms with Gasteiger partial charge in [-0.3, -0.25) is 0 Å². The van der Waals surface area contributed by atoms with Gasteiger partial charge in [0.25, 0.3) is 0 Å². The Morgan fingerprint density at radius 2 is 1.18 bits per heavy atom. The van der Waals surface area contributed by atoms with Gasteiger partial charge in [0.15, 0.2) is 0 Å². The molecule has 122 valence electrons. The van der Waals surface area contributed by atoms with Crippen LogP contribution in [0.2, 0.25) is 0 Å². The number of hydrogen-bond acceptors (Lipinski definition) is 6. The molecule has 0 aliphatic rings. The van der Waals surface area contributed by atoms with E-state index >= 15 is 0 Å². The number of thioether (sulfide) groups is 2. The molecule has 0 heterocycles. The normalized spacial score (nSPS) is 10.3. The lowest BCUT2D eigenvalue weighted by atomic mass is 10.2. The van der Waals surface area contributed by atoms with Gasteiger partial charge >= 0.3 is 0 Å². The molecule has 0 unspecified atom stereocenters. The predicted octanol–water partition coefficient (Wildman–Crippen LogP) is 5.58. The van der Waals surface area contributed by atoms with Crippen molar-refractivity contribution in [3.05, 3.63) is 35.4 Å². The minimum Gasteiger partial charge on any atom is -0.479 e. The third-order valence-electron chi connectivity index (χ3n) is 2.58. The SMILES string of the molecule is CCCOC(=S)SCc1ccc(CSC(=S)OCCC)cc1. The van der Waals surface area contributed by atoms with Crippen molar-refractivity contribution in [3.8, 4) is 0 Å². The average molecular weight is 375 g/mol. The summed E-state index contributed by atoms with van der Waals surface area (Å²) in [6.45, 7) is 5.54. The van der Waals surface area contributed by atoms with Gasteiger partial charge in [-0.25, -0.2) is 0 Å². The summed E-state index contributed by atoms with van der Waals surface area (Å²) in [5.74, 6) is 1.68. The highest BCUT2D eigenvalue weighted by Gasteiger charge is 2.02. The highest BCUT2D eigenvalue weighted by Crippen LogP contribution is 2.19. The van der Waals surface area contributed by atoms with Gasteiger partial charge in [-0.15, -0.1) is 0 Å². The standard InChI is InChI=1S/C16H22O2S4/c1-3-9-17-15(19)21-11-13-5-7-14(8-6-13)12-22-16(20)18-10-4-2/h5-8H,3-4,9-12H2,1-2H3. The molecule has 0 spiro atoms.